The van der Waals surface area contributed by atoms with Crippen LogP contribution in [0.25, 0.3) is 0 Å². The van der Waals surface area contributed by atoms with Crippen LogP contribution < -0.4 is 0 Å². The van der Waals surface area contributed by atoms with Crippen molar-refractivity contribution in [2.75, 3.05) is 13.2 Å². The van der Waals surface area contributed by atoms with Crippen LogP contribution in [0.4, 0.5) is 0 Å². The molecular formula is C17H26O4. The van der Waals surface area contributed by atoms with Crippen molar-refractivity contribution in [3.63, 3.8) is 0 Å². The van der Waals surface area contributed by atoms with Crippen LogP contribution in [0.5, 0.6) is 0 Å². The Morgan fingerprint density at radius 1 is 1.10 bits per heavy atom. The number of aliphatic hydroxyl groups is 1. The third-order valence-corrected chi connectivity index (χ3v) is 3.50. The molecule has 0 bridgehead atoms. The van der Waals surface area contributed by atoms with Crippen molar-refractivity contribution >= 4 is 0 Å². The van der Waals surface area contributed by atoms with Gasteiger partial charge >= 0.3 is 0 Å². The maximum Gasteiger partial charge on any atom is 0.160 e. The molecule has 1 aliphatic rings. The molecule has 4 nitrogen and oxygen atoms in total. The molecule has 21 heavy (non-hydrogen) atoms. The highest BCUT2D eigenvalue weighted by Gasteiger charge is 2.32. The molecule has 1 fully saturated rings. The molecule has 0 saturated heterocycles. The zero-order valence-corrected chi connectivity index (χ0v) is 13.0. The van der Waals surface area contributed by atoms with Crippen LogP contribution in [0, 0.1) is 0 Å². The lowest BCUT2D eigenvalue weighted by Gasteiger charge is -2.27. The summed E-state index contributed by atoms with van der Waals surface area (Å²) in [4.78, 5) is 0. The van der Waals surface area contributed by atoms with Gasteiger partial charge in [-0.25, -0.2) is 0 Å². The summed E-state index contributed by atoms with van der Waals surface area (Å²) in [5.74, 6) is -1.10. The molecule has 4 heteroatoms. The lowest BCUT2D eigenvalue weighted by molar-refractivity contribution is -0.224. The van der Waals surface area contributed by atoms with Crippen LogP contribution in [0.15, 0.2) is 30.3 Å². The van der Waals surface area contributed by atoms with E-state index in [1.807, 2.05) is 30.3 Å². The number of hydrogen-bond acceptors (Lipinski definition) is 4. The normalized spacial score (nSPS) is 22.6. The maximum absolute atomic E-state index is 9.73. The lowest BCUT2D eigenvalue weighted by Crippen LogP contribution is -2.36. The van der Waals surface area contributed by atoms with E-state index < -0.39 is 5.79 Å². The van der Waals surface area contributed by atoms with Gasteiger partial charge in [-0.2, -0.15) is 0 Å². The average Bonchev–Trinajstić information content (AvgIpc) is 2.85. The Morgan fingerprint density at radius 3 is 2.52 bits per heavy atom. The van der Waals surface area contributed by atoms with E-state index in [0.717, 1.165) is 19.3 Å². The zero-order chi connectivity index (χ0) is 15.1. The van der Waals surface area contributed by atoms with Crippen molar-refractivity contribution in [3.8, 4) is 0 Å². The van der Waals surface area contributed by atoms with Crippen LogP contribution in [-0.4, -0.2) is 36.3 Å². The highest BCUT2D eigenvalue weighted by molar-refractivity contribution is 5.13. The first-order valence-corrected chi connectivity index (χ1v) is 7.68. The van der Waals surface area contributed by atoms with Gasteiger partial charge in [0.25, 0.3) is 0 Å². The van der Waals surface area contributed by atoms with Crippen molar-refractivity contribution in [1.29, 1.82) is 0 Å². The Kier molecular flexibility index (Phi) is 6.18. The van der Waals surface area contributed by atoms with Crippen LogP contribution in [-0.2, 0) is 20.8 Å². The summed E-state index contributed by atoms with van der Waals surface area (Å²) in [5, 5.41) is 9.73. The second-order valence-corrected chi connectivity index (χ2v) is 5.98. The van der Waals surface area contributed by atoms with E-state index >= 15 is 0 Å². The number of ether oxygens (including phenoxy) is 3. The van der Waals surface area contributed by atoms with Crippen molar-refractivity contribution in [2.45, 2.75) is 57.7 Å². The van der Waals surface area contributed by atoms with Gasteiger partial charge in [-0.1, -0.05) is 30.3 Å². The quantitative estimate of drug-likeness (QED) is 0.591. The van der Waals surface area contributed by atoms with Crippen molar-refractivity contribution in [3.05, 3.63) is 35.9 Å². The molecular weight excluding hydrogens is 268 g/mol. The summed E-state index contributed by atoms with van der Waals surface area (Å²) < 4.78 is 17.1. The lowest BCUT2D eigenvalue weighted by atomic mass is 10.2. The molecule has 0 radical (unpaired) electrons. The number of benzene rings is 1. The summed E-state index contributed by atoms with van der Waals surface area (Å²) in [6.07, 6.45) is 3.06. The van der Waals surface area contributed by atoms with E-state index in [9.17, 15) is 5.11 Å². The molecule has 1 aromatic carbocycles. The molecule has 0 aromatic heterocycles. The van der Waals surface area contributed by atoms with Crippen molar-refractivity contribution in [2.24, 2.45) is 0 Å². The smallest absolute Gasteiger partial charge is 0.160 e. The Hall–Kier alpha value is -0.940. The fraction of sp³-hybridized carbons (Fsp3) is 0.647. The van der Waals surface area contributed by atoms with E-state index in [1.165, 1.54) is 5.56 Å². The second kappa shape index (κ2) is 7.90. The van der Waals surface area contributed by atoms with Crippen LogP contribution in [0.2, 0.25) is 0 Å². The molecule has 1 aliphatic carbocycles. The van der Waals surface area contributed by atoms with Crippen molar-refractivity contribution < 1.29 is 19.3 Å². The number of hydrogen-bond donors (Lipinski definition) is 1. The Morgan fingerprint density at radius 2 is 1.81 bits per heavy atom. The molecule has 0 unspecified atom stereocenters. The van der Waals surface area contributed by atoms with Crippen LogP contribution >= 0.6 is 0 Å². The van der Waals surface area contributed by atoms with Crippen LogP contribution in [0.1, 0.15) is 38.7 Å². The monoisotopic (exact) mass is 294 g/mol. The predicted molar refractivity (Wildman–Crippen MR) is 80.9 cm³/mol. The molecule has 1 aromatic rings. The van der Waals surface area contributed by atoms with Gasteiger partial charge < -0.3 is 19.3 Å². The SMILES string of the molecule is CC(C)(O)O[C@H]1CCC[C@@H]1OCCOCc1ccccc1. The predicted octanol–water partition coefficient (Wildman–Crippen LogP) is 2.89. The summed E-state index contributed by atoms with van der Waals surface area (Å²) in [6.45, 7) is 5.05. The topological polar surface area (TPSA) is 47.9 Å². The van der Waals surface area contributed by atoms with Gasteiger partial charge in [0.15, 0.2) is 5.79 Å². The van der Waals surface area contributed by atoms with Crippen LogP contribution in [0.3, 0.4) is 0 Å². The third-order valence-electron chi connectivity index (χ3n) is 3.50. The molecule has 0 aliphatic heterocycles. The molecule has 2 rings (SSSR count). The second-order valence-electron chi connectivity index (χ2n) is 5.98. The maximum atomic E-state index is 9.73. The van der Waals surface area contributed by atoms with Gasteiger partial charge in [0, 0.05) is 0 Å². The number of rotatable bonds is 8. The minimum atomic E-state index is -1.10. The van der Waals surface area contributed by atoms with Gasteiger partial charge in [-0.05, 0) is 38.7 Å². The van der Waals surface area contributed by atoms with E-state index in [1.54, 1.807) is 13.8 Å². The van der Waals surface area contributed by atoms with E-state index in [4.69, 9.17) is 14.2 Å². The van der Waals surface area contributed by atoms with Gasteiger partial charge in [-0.3, -0.25) is 0 Å². The first-order chi connectivity index (χ1) is 10.0. The molecule has 0 heterocycles. The van der Waals surface area contributed by atoms with Gasteiger partial charge in [0.05, 0.1) is 32.0 Å². The molecule has 1 saturated carbocycles. The van der Waals surface area contributed by atoms with E-state index in [2.05, 4.69) is 0 Å². The highest BCUT2D eigenvalue weighted by Crippen LogP contribution is 2.27. The molecule has 1 N–H and O–H groups in total. The molecule has 118 valence electrons. The van der Waals surface area contributed by atoms with E-state index in [0.29, 0.717) is 19.8 Å². The highest BCUT2D eigenvalue weighted by atomic mass is 16.6. The average molecular weight is 294 g/mol. The van der Waals surface area contributed by atoms with Gasteiger partial charge in [0.1, 0.15) is 0 Å². The first kappa shape index (κ1) is 16.4. The molecule has 0 spiro atoms. The standard InChI is InChI=1S/C17H26O4/c1-17(2,18)21-16-10-6-9-15(16)20-12-11-19-13-14-7-4-3-5-8-14/h3-5,7-8,15-16,18H,6,9-13H2,1-2H3/t15-,16-/m0/s1. The summed E-state index contributed by atoms with van der Waals surface area (Å²) in [5.41, 5.74) is 1.17. The van der Waals surface area contributed by atoms with Gasteiger partial charge in [-0.15, -0.1) is 0 Å². The Balaban J connectivity index is 1.62. The van der Waals surface area contributed by atoms with E-state index in [-0.39, 0.29) is 12.2 Å². The first-order valence-electron chi connectivity index (χ1n) is 7.68. The minimum Gasteiger partial charge on any atom is -0.374 e. The third kappa shape index (κ3) is 6.14. The summed E-state index contributed by atoms with van der Waals surface area (Å²) in [7, 11) is 0. The summed E-state index contributed by atoms with van der Waals surface area (Å²) >= 11 is 0. The fourth-order valence-corrected chi connectivity index (χ4v) is 2.61. The summed E-state index contributed by atoms with van der Waals surface area (Å²) in [6, 6.07) is 10.1. The van der Waals surface area contributed by atoms with Gasteiger partial charge in [0.2, 0.25) is 0 Å². The Bertz CT molecular complexity index is 399. The largest absolute Gasteiger partial charge is 0.374 e. The molecule has 0 amide bonds. The molecule has 2 atom stereocenters. The Labute approximate surface area is 127 Å². The fourth-order valence-electron chi connectivity index (χ4n) is 2.61. The van der Waals surface area contributed by atoms with Crippen molar-refractivity contribution in [1.82, 2.24) is 0 Å². The minimum absolute atomic E-state index is 0.0147. The zero-order valence-electron chi connectivity index (χ0n) is 13.0.